The van der Waals surface area contributed by atoms with Gasteiger partial charge in [0.05, 0.1) is 5.69 Å². The van der Waals surface area contributed by atoms with Gasteiger partial charge >= 0.3 is 0 Å². The fourth-order valence-electron chi connectivity index (χ4n) is 2.05. The van der Waals surface area contributed by atoms with Gasteiger partial charge in [-0.25, -0.2) is 0 Å². The Morgan fingerprint density at radius 1 is 1.15 bits per heavy atom. The second-order valence-corrected chi connectivity index (χ2v) is 4.56. The topological polar surface area (TPSA) is 81.8 Å². The summed E-state index contributed by atoms with van der Waals surface area (Å²) in [6.45, 7) is 1.96. The highest BCUT2D eigenvalue weighted by Gasteiger charge is 2.13. The largest absolute Gasteiger partial charge is 0.493 e. The molecule has 0 bridgehead atoms. The van der Waals surface area contributed by atoms with Gasteiger partial charge in [-0.05, 0) is 24.6 Å². The summed E-state index contributed by atoms with van der Waals surface area (Å²) in [5, 5.41) is 10.0. The zero-order valence-corrected chi connectivity index (χ0v) is 10.8. The molecule has 0 atom stereocenters. The van der Waals surface area contributed by atoms with Gasteiger partial charge in [-0.1, -0.05) is 29.8 Å². The predicted octanol–water partition coefficient (Wildman–Crippen LogP) is 2.45. The third-order valence-corrected chi connectivity index (χ3v) is 3.09. The average Bonchev–Trinajstić information content (AvgIpc) is 2.94. The fourth-order valence-corrected chi connectivity index (χ4v) is 2.05. The Hall–Kier alpha value is -2.82. The van der Waals surface area contributed by atoms with Gasteiger partial charge in [-0.3, -0.25) is 4.79 Å². The van der Waals surface area contributed by atoms with E-state index >= 15 is 0 Å². The minimum absolute atomic E-state index is 0.181. The minimum atomic E-state index is -0.369. The molecule has 0 saturated heterocycles. The highest BCUT2D eigenvalue weighted by atomic mass is 16.3. The lowest BCUT2D eigenvalue weighted by atomic mass is 10.1. The number of hydrogen-bond acceptors (Lipinski definition) is 3. The molecule has 0 aliphatic rings. The third-order valence-electron chi connectivity index (χ3n) is 3.09. The number of nitrogens with one attached hydrogen (secondary N) is 2. The Bertz CT molecular complexity index is 787. The van der Waals surface area contributed by atoms with Crippen LogP contribution in [0.25, 0.3) is 22.6 Å². The number of nitrogens with zero attached hydrogens (tertiary/aromatic N) is 1. The Kier molecular flexibility index (Phi) is 2.87. The molecule has 2 heterocycles. The second kappa shape index (κ2) is 4.70. The maximum Gasteiger partial charge on any atom is 0.262 e. The third kappa shape index (κ3) is 2.09. The monoisotopic (exact) mass is 267 g/mol. The molecule has 1 aromatic carbocycles. The normalized spacial score (nSPS) is 10.7. The summed E-state index contributed by atoms with van der Waals surface area (Å²) in [7, 11) is 0. The Morgan fingerprint density at radius 2 is 1.90 bits per heavy atom. The first kappa shape index (κ1) is 12.2. The number of benzene rings is 1. The molecule has 2 aromatic heterocycles. The Morgan fingerprint density at radius 3 is 2.50 bits per heavy atom. The molecule has 0 aliphatic heterocycles. The molecule has 0 radical (unpaired) electrons. The van der Waals surface area contributed by atoms with Crippen molar-refractivity contribution in [1.82, 2.24) is 15.0 Å². The maximum atomic E-state index is 12.2. The lowest BCUT2D eigenvalue weighted by molar-refractivity contribution is 0.454. The summed E-state index contributed by atoms with van der Waals surface area (Å²) in [5.74, 6) is 0.0376. The number of aromatic hydroxyl groups is 1. The van der Waals surface area contributed by atoms with Crippen molar-refractivity contribution in [1.29, 1.82) is 0 Å². The van der Waals surface area contributed by atoms with Crippen molar-refractivity contribution in [3.05, 3.63) is 58.5 Å². The van der Waals surface area contributed by atoms with Crippen molar-refractivity contribution in [2.45, 2.75) is 6.92 Å². The smallest absolute Gasteiger partial charge is 0.262 e. The van der Waals surface area contributed by atoms with Crippen LogP contribution in [-0.2, 0) is 0 Å². The molecule has 20 heavy (non-hydrogen) atoms. The minimum Gasteiger partial charge on any atom is -0.493 e. The first-order valence-corrected chi connectivity index (χ1v) is 6.19. The summed E-state index contributed by atoms with van der Waals surface area (Å²) in [5.41, 5.74) is 2.18. The second-order valence-electron chi connectivity index (χ2n) is 4.56. The van der Waals surface area contributed by atoms with Crippen molar-refractivity contribution < 1.29 is 5.11 Å². The molecule has 100 valence electrons. The molecule has 3 N–H and O–H groups in total. The summed E-state index contributed by atoms with van der Waals surface area (Å²) in [6.07, 6.45) is 1.72. The molecule has 0 aliphatic carbocycles. The quantitative estimate of drug-likeness (QED) is 0.667. The van der Waals surface area contributed by atoms with Crippen molar-refractivity contribution in [2.75, 3.05) is 0 Å². The lowest BCUT2D eigenvalue weighted by Gasteiger charge is -2.05. The molecular formula is C15H13N3O2. The van der Waals surface area contributed by atoms with E-state index in [4.69, 9.17) is 0 Å². The summed E-state index contributed by atoms with van der Waals surface area (Å²) in [6, 6.07) is 10.9. The van der Waals surface area contributed by atoms with E-state index in [2.05, 4.69) is 15.0 Å². The van der Waals surface area contributed by atoms with E-state index in [0.717, 1.165) is 5.56 Å². The molecule has 0 fully saturated rings. The van der Waals surface area contributed by atoms with Gasteiger partial charge in [-0.15, -0.1) is 0 Å². The van der Waals surface area contributed by atoms with Crippen LogP contribution in [0.15, 0.2) is 47.4 Å². The number of aryl methyl sites for hydroxylation is 1. The van der Waals surface area contributed by atoms with Gasteiger partial charge < -0.3 is 15.1 Å². The average molecular weight is 267 g/mol. The van der Waals surface area contributed by atoms with E-state index in [1.807, 2.05) is 19.1 Å². The standard InChI is InChI=1S/C15H13N3O2/c1-9-4-6-10(7-5-9)12-14(19)17-13(18-15(12)20)11-3-2-8-16-11/h2-8,16H,1H3,(H2,17,18,19,20). The number of aromatic nitrogens is 3. The lowest BCUT2D eigenvalue weighted by Crippen LogP contribution is -2.12. The van der Waals surface area contributed by atoms with Crippen molar-refractivity contribution in [3.8, 4) is 28.5 Å². The number of H-pyrrole nitrogens is 2. The fraction of sp³-hybridized carbons (Fsp3) is 0.0667. The maximum absolute atomic E-state index is 12.2. The van der Waals surface area contributed by atoms with Crippen LogP contribution in [0.2, 0.25) is 0 Å². The van der Waals surface area contributed by atoms with E-state index < -0.39 is 0 Å². The number of aromatic amines is 2. The van der Waals surface area contributed by atoms with Gasteiger partial charge in [0.2, 0.25) is 5.88 Å². The summed E-state index contributed by atoms with van der Waals surface area (Å²) >= 11 is 0. The first-order chi connectivity index (χ1) is 9.65. The highest BCUT2D eigenvalue weighted by Crippen LogP contribution is 2.25. The van der Waals surface area contributed by atoms with Crippen molar-refractivity contribution in [3.63, 3.8) is 0 Å². The zero-order chi connectivity index (χ0) is 14.1. The van der Waals surface area contributed by atoms with Crippen LogP contribution in [0.3, 0.4) is 0 Å². The Labute approximate surface area is 115 Å². The predicted molar refractivity (Wildman–Crippen MR) is 76.5 cm³/mol. The van der Waals surface area contributed by atoms with Crippen molar-refractivity contribution >= 4 is 0 Å². The molecule has 3 rings (SSSR count). The van der Waals surface area contributed by atoms with E-state index in [9.17, 15) is 9.90 Å². The van der Waals surface area contributed by atoms with Gasteiger partial charge in [0, 0.05) is 6.20 Å². The van der Waals surface area contributed by atoms with Crippen LogP contribution < -0.4 is 5.56 Å². The van der Waals surface area contributed by atoms with Crippen LogP contribution in [0.1, 0.15) is 5.56 Å². The molecule has 5 heteroatoms. The SMILES string of the molecule is Cc1ccc(-c2c(O)nc(-c3ccc[nH]3)[nH]c2=O)cc1. The Balaban J connectivity index is 2.14. The van der Waals surface area contributed by atoms with Crippen LogP contribution in [0, 0.1) is 6.92 Å². The van der Waals surface area contributed by atoms with Crippen LogP contribution in [-0.4, -0.2) is 20.1 Å². The summed E-state index contributed by atoms with van der Waals surface area (Å²) in [4.78, 5) is 21.8. The highest BCUT2D eigenvalue weighted by molar-refractivity contribution is 5.68. The van der Waals surface area contributed by atoms with E-state index in [1.54, 1.807) is 30.5 Å². The molecule has 3 aromatic rings. The molecule has 0 unspecified atom stereocenters. The van der Waals surface area contributed by atoms with Gasteiger partial charge in [0.1, 0.15) is 5.56 Å². The van der Waals surface area contributed by atoms with E-state index in [0.29, 0.717) is 17.1 Å². The van der Waals surface area contributed by atoms with Crippen LogP contribution in [0.4, 0.5) is 0 Å². The number of rotatable bonds is 2. The number of hydrogen-bond donors (Lipinski definition) is 3. The molecule has 5 nitrogen and oxygen atoms in total. The van der Waals surface area contributed by atoms with Gasteiger partial charge in [-0.2, -0.15) is 4.98 Å². The molecule has 0 saturated carbocycles. The molecular weight excluding hydrogens is 254 g/mol. The van der Waals surface area contributed by atoms with Crippen LogP contribution >= 0.6 is 0 Å². The summed E-state index contributed by atoms with van der Waals surface area (Å²) < 4.78 is 0. The van der Waals surface area contributed by atoms with Crippen LogP contribution in [0.5, 0.6) is 5.88 Å². The van der Waals surface area contributed by atoms with E-state index in [1.165, 1.54) is 0 Å². The van der Waals surface area contributed by atoms with Gasteiger partial charge in [0.25, 0.3) is 5.56 Å². The first-order valence-electron chi connectivity index (χ1n) is 6.19. The zero-order valence-electron chi connectivity index (χ0n) is 10.8. The van der Waals surface area contributed by atoms with Crippen molar-refractivity contribution in [2.24, 2.45) is 0 Å². The van der Waals surface area contributed by atoms with Gasteiger partial charge in [0.15, 0.2) is 5.82 Å². The van der Waals surface area contributed by atoms with E-state index in [-0.39, 0.29) is 17.0 Å². The molecule has 0 spiro atoms. The molecule has 0 amide bonds.